The van der Waals surface area contributed by atoms with Gasteiger partial charge in [-0.2, -0.15) is 0 Å². The fourth-order valence-corrected chi connectivity index (χ4v) is 4.59. The van der Waals surface area contributed by atoms with Crippen LogP contribution in [0.25, 0.3) is 0 Å². The minimum Gasteiger partial charge on any atom is -0.486 e. The molecular formula is C21H27NO3. The number of fused-ring (bicyclic) bond motifs is 1. The molecule has 4 rings (SSSR count). The van der Waals surface area contributed by atoms with E-state index < -0.39 is 5.60 Å². The second-order valence-electron chi connectivity index (χ2n) is 8.12. The first-order chi connectivity index (χ1) is 12.0. The van der Waals surface area contributed by atoms with E-state index in [2.05, 4.69) is 0 Å². The average molecular weight is 341 g/mol. The van der Waals surface area contributed by atoms with Crippen LogP contribution in [0.3, 0.4) is 0 Å². The van der Waals surface area contributed by atoms with Crippen molar-refractivity contribution in [1.29, 1.82) is 0 Å². The third-order valence-corrected chi connectivity index (χ3v) is 6.40. The number of hydrogen-bond acceptors (Lipinski definition) is 3. The molecule has 0 aromatic heterocycles. The van der Waals surface area contributed by atoms with Gasteiger partial charge in [0, 0.05) is 31.8 Å². The normalized spacial score (nSPS) is 22.8. The van der Waals surface area contributed by atoms with Gasteiger partial charge in [0.15, 0.2) is 5.78 Å². The maximum Gasteiger partial charge on any atom is 0.225 e. The predicted octanol–water partition coefficient (Wildman–Crippen LogP) is 3.82. The van der Waals surface area contributed by atoms with Crippen LogP contribution in [0.15, 0.2) is 12.1 Å². The van der Waals surface area contributed by atoms with Gasteiger partial charge >= 0.3 is 0 Å². The number of piperidine rings is 1. The predicted molar refractivity (Wildman–Crippen MR) is 96.0 cm³/mol. The molecule has 2 heterocycles. The summed E-state index contributed by atoms with van der Waals surface area (Å²) in [5, 5.41) is 0. The molecule has 3 aliphatic rings. The van der Waals surface area contributed by atoms with Gasteiger partial charge in [-0.1, -0.05) is 12.8 Å². The summed E-state index contributed by atoms with van der Waals surface area (Å²) in [6, 6.07) is 3.96. The number of benzene rings is 1. The van der Waals surface area contributed by atoms with Crippen LogP contribution in [0.1, 0.15) is 66.4 Å². The van der Waals surface area contributed by atoms with E-state index in [1.165, 1.54) is 12.8 Å². The summed E-state index contributed by atoms with van der Waals surface area (Å²) in [6.07, 6.45) is 6.40. The van der Waals surface area contributed by atoms with Gasteiger partial charge in [-0.3, -0.25) is 9.59 Å². The number of nitrogens with zero attached hydrogens (tertiary/aromatic N) is 1. The molecule has 134 valence electrons. The molecule has 1 amide bonds. The van der Waals surface area contributed by atoms with Crippen molar-refractivity contribution in [3.63, 3.8) is 0 Å². The Morgan fingerprint density at radius 3 is 2.44 bits per heavy atom. The molecule has 0 N–H and O–H groups in total. The summed E-state index contributed by atoms with van der Waals surface area (Å²) in [7, 11) is 0. The Bertz CT molecular complexity index is 710. The zero-order valence-corrected chi connectivity index (χ0v) is 15.3. The van der Waals surface area contributed by atoms with Crippen molar-refractivity contribution >= 4 is 11.7 Å². The van der Waals surface area contributed by atoms with Crippen LogP contribution in [-0.4, -0.2) is 35.3 Å². The van der Waals surface area contributed by atoms with E-state index in [1.54, 1.807) is 0 Å². The molecule has 0 bridgehead atoms. The first-order valence-corrected chi connectivity index (χ1v) is 9.60. The van der Waals surface area contributed by atoms with Crippen molar-refractivity contribution in [3.05, 3.63) is 28.8 Å². The molecule has 4 heteroatoms. The van der Waals surface area contributed by atoms with Gasteiger partial charge in [-0.25, -0.2) is 0 Å². The summed E-state index contributed by atoms with van der Waals surface area (Å²) in [5.41, 5.74) is 2.58. The van der Waals surface area contributed by atoms with E-state index in [4.69, 9.17) is 4.74 Å². The maximum atomic E-state index is 12.7. The zero-order chi connectivity index (χ0) is 17.6. The molecule has 1 aliphatic carbocycles. The molecule has 2 aliphatic heterocycles. The van der Waals surface area contributed by atoms with Crippen LogP contribution in [0.4, 0.5) is 0 Å². The Balaban J connectivity index is 1.48. The summed E-state index contributed by atoms with van der Waals surface area (Å²) in [5.74, 6) is 1.46. The first kappa shape index (κ1) is 16.6. The summed E-state index contributed by atoms with van der Waals surface area (Å²) in [6.45, 7) is 5.50. The van der Waals surface area contributed by atoms with Crippen LogP contribution in [0.5, 0.6) is 5.75 Å². The number of carbonyl (C=O) groups excluding carboxylic acids is 2. The van der Waals surface area contributed by atoms with Gasteiger partial charge in [0.2, 0.25) is 5.91 Å². The molecule has 2 fully saturated rings. The SMILES string of the molecule is Cc1cc2c(cc1C)C(=O)CC1(CCN(C(=O)C3CCCC3)CC1)O2. The maximum absolute atomic E-state index is 12.7. The fraction of sp³-hybridized carbons (Fsp3) is 0.619. The van der Waals surface area contributed by atoms with Crippen molar-refractivity contribution in [2.45, 2.75) is 64.4 Å². The molecule has 0 unspecified atom stereocenters. The number of aryl methyl sites for hydroxylation is 2. The van der Waals surface area contributed by atoms with Gasteiger partial charge in [0.25, 0.3) is 0 Å². The largest absolute Gasteiger partial charge is 0.486 e. The number of amides is 1. The zero-order valence-electron chi connectivity index (χ0n) is 15.3. The first-order valence-electron chi connectivity index (χ1n) is 9.60. The number of ether oxygens (including phenoxy) is 1. The second-order valence-corrected chi connectivity index (χ2v) is 8.12. The number of rotatable bonds is 1. The van der Waals surface area contributed by atoms with Crippen molar-refractivity contribution in [2.24, 2.45) is 5.92 Å². The number of carbonyl (C=O) groups is 2. The smallest absolute Gasteiger partial charge is 0.225 e. The number of hydrogen-bond donors (Lipinski definition) is 0. The fourth-order valence-electron chi connectivity index (χ4n) is 4.59. The van der Waals surface area contributed by atoms with Crippen LogP contribution < -0.4 is 4.74 Å². The van der Waals surface area contributed by atoms with E-state index in [1.807, 2.05) is 30.9 Å². The molecule has 1 aromatic rings. The third-order valence-electron chi connectivity index (χ3n) is 6.40. The van der Waals surface area contributed by atoms with Crippen molar-refractivity contribution < 1.29 is 14.3 Å². The van der Waals surface area contributed by atoms with Crippen molar-refractivity contribution in [3.8, 4) is 5.75 Å². The molecule has 25 heavy (non-hydrogen) atoms. The Hall–Kier alpha value is -1.84. The van der Waals surface area contributed by atoms with E-state index in [0.29, 0.717) is 25.4 Å². The second kappa shape index (κ2) is 6.15. The monoisotopic (exact) mass is 341 g/mol. The molecule has 1 spiro atoms. The average Bonchev–Trinajstić information content (AvgIpc) is 3.11. The highest BCUT2D eigenvalue weighted by Gasteiger charge is 2.44. The van der Waals surface area contributed by atoms with Crippen molar-refractivity contribution in [2.75, 3.05) is 13.1 Å². The lowest BCUT2D eigenvalue weighted by molar-refractivity contribution is -0.138. The van der Waals surface area contributed by atoms with Gasteiger partial charge < -0.3 is 9.64 Å². The number of Topliss-reactive ketones (excluding diaryl/α,β-unsaturated/α-hetero) is 1. The molecule has 0 radical (unpaired) electrons. The van der Waals surface area contributed by atoms with Gasteiger partial charge in [-0.05, 0) is 49.9 Å². The summed E-state index contributed by atoms with van der Waals surface area (Å²) < 4.78 is 6.36. The Labute approximate surface area is 149 Å². The molecule has 4 nitrogen and oxygen atoms in total. The molecule has 0 atom stereocenters. The summed E-state index contributed by atoms with van der Waals surface area (Å²) >= 11 is 0. The summed E-state index contributed by atoms with van der Waals surface area (Å²) in [4.78, 5) is 27.3. The lowest BCUT2D eigenvalue weighted by Gasteiger charge is -2.44. The number of ketones is 1. The highest BCUT2D eigenvalue weighted by atomic mass is 16.5. The van der Waals surface area contributed by atoms with Crippen LogP contribution in [0, 0.1) is 19.8 Å². The van der Waals surface area contributed by atoms with Crippen LogP contribution >= 0.6 is 0 Å². The third kappa shape index (κ3) is 2.96. The van der Waals surface area contributed by atoms with Gasteiger partial charge in [-0.15, -0.1) is 0 Å². The number of likely N-dealkylation sites (tertiary alicyclic amines) is 1. The molecular weight excluding hydrogens is 314 g/mol. The van der Waals surface area contributed by atoms with Crippen LogP contribution in [0.2, 0.25) is 0 Å². The lowest BCUT2D eigenvalue weighted by Crippen LogP contribution is -2.53. The lowest BCUT2D eigenvalue weighted by atomic mass is 9.81. The topological polar surface area (TPSA) is 46.6 Å². The van der Waals surface area contributed by atoms with E-state index >= 15 is 0 Å². The molecule has 1 aromatic carbocycles. The highest BCUT2D eigenvalue weighted by Crippen LogP contribution is 2.41. The molecule has 1 saturated carbocycles. The highest BCUT2D eigenvalue weighted by molar-refractivity contribution is 6.00. The van der Waals surface area contributed by atoms with Gasteiger partial charge in [0.1, 0.15) is 11.4 Å². The van der Waals surface area contributed by atoms with E-state index in [0.717, 1.165) is 48.1 Å². The van der Waals surface area contributed by atoms with Gasteiger partial charge in [0.05, 0.1) is 12.0 Å². The minimum atomic E-state index is -0.418. The van der Waals surface area contributed by atoms with Crippen LogP contribution in [-0.2, 0) is 4.79 Å². The Kier molecular flexibility index (Phi) is 4.09. The Morgan fingerprint density at radius 1 is 1.12 bits per heavy atom. The minimum absolute atomic E-state index is 0.180. The van der Waals surface area contributed by atoms with E-state index in [-0.39, 0.29) is 11.7 Å². The van der Waals surface area contributed by atoms with Crippen molar-refractivity contribution in [1.82, 2.24) is 4.90 Å². The quantitative estimate of drug-likeness (QED) is 0.780. The van der Waals surface area contributed by atoms with E-state index in [9.17, 15) is 9.59 Å². The Morgan fingerprint density at radius 2 is 1.76 bits per heavy atom. The standard InChI is InChI=1S/C21H27NO3/c1-14-11-17-18(23)13-21(25-19(17)12-15(14)2)7-9-22(10-8-21)20(24)16-5-3-4-6-16/h11-12,16H,3-10,13H2,1-2H3. The molecule has 1 saturated heterocycles.